The quantitative estimate of drug-likeness (QED) is 0.843. The van der Waals surface area contributed by atoms with Gasteiger partial charge < -0.3 is 14.5 Å². The van der Waals surface area contributed by atoms with Crippen LogP contribution < -0.4 is 10.1 Å². The van der Waals surface area contributed by atoms with E-state index in [0.717, 1.165) is 55.2 Å². The first-order valence-electron chi connectivity index (χ1n) is 9.59. The fourth-order valence-corrected chi connectivity index (χ4v) is 3.40. The lowest BCUT2D eigenvalue weighted by atomic mass is 9.95. The fraction of sp³-hybridized carbons (Fsp3) is 0.524. The smallest absolute Gasteiger partial charge is 0.226 e. The maximum atomic E-state index is 12.2. The Morgan fingerprint density at radius 2 is 1.96 bits per heavy atom. The standard InChI is InChI=1S/C21H29N3O3/c1-14(2)22-20(25)16-9-11-24(12-10-16)13-19-15(3)27-21(23-19)17-5-7-18(26-4)8-6-17/h5-8,14,16H,9-13H2,1-4H3,(H,22,25). The van der Waals surface area contributed by atoms with Gasteiger partial charge in [0.2, 0.25) is 11.8 Å². The third-order valence-corrected chi connectivity index (χ3v) is 4.99. The van der Waals surface area contributed by atoms with Gasteiger partial charge in [-0.15, -0.1) is 0 Å². The first kappa shape index (κ1) is 19.4. The van der Waals surface area contributed by atoms with Crippen molar-refractivity contribution in [3.8, 4) is 17.2 Å². The van der Waals surface area contributed by atoms with Crippen molar-refractivity contribution in [2.45, 2.75) is 46.2 Å². The van der Waals surface area contributed by atoms with Crippen LogP contribution in [0.1, 0.15) is 38.1 Å². The number of oxazole rings is 1. The van der Waals surface area contributed by atoms with E-state index >= 15 is 0 Å². The summed E-state index contributed by atoms with van der Waals surface area (Å²) in [7, 11) is 1.65. The van der Waals surface area contributed by atoms with E-state index in [0.29, 0.717) is 5.89 Å². The van der Waals surface area contributed by atoms with Crippen molar-refractivity contribution in [3.05, 3.63) is 35.7 Å². The van der Waals surface area contributed by atoms with E-state index in [1.54, 1.807) is 7.11 Å². The number of carbonyl (C=O) groups is 1. The van der Waals surface area contributed by atoms with E-state index in [9.17, 15) is 4.79 Å². The van der Waals surface area contributed by atoms with Gasteiger partial charge in [-0.1, -0.05) is 0 Å². The Morgan fingerprint density at radius 1 is 1.30 bits per heavy atom. The highest BCUT2D eigenvalue weighted by Gasteiger charge is 2.26. The van der Waals surface area contributed by atoms with Crippen molar-refractivity contribution in [2.75, 3.05) is 20.2 Å². The van der Waals surface area contributed by atoms with E-state index in [4.69, 9.17) is 14.1 Å². The van der Waals surface area contributed by atoms with Crippen LogP contribution in [0.3, 0.4) is 0 Å². The average Bonchev–Trinajstić information content (AvgIpc) is 3.02. The van der Waals surface area contributed by atoms with Crippen molar-refractivity contribution < 1.29 is 13.9 Å². The molecule has 0 bridgehead atoms. The number of ether oxygens (including phenoxy) is 1. The van der Waals surface area contributed by atoms with Crippen LogP contribution in [-0.4, -0.2) is 42.0 Å². The maximum absolute atomic E-state index is 12.2. The van der Waals surface area contributed by atoms with Crippen LogP contribution in [0.5, 0.6) is 5.75 Å². The van der Waals surface area contributed by atoms with E-state index in [-0.39, 0.29) is 17.9 Å². The van der Waals surface area contributed by atoms with Gasteiger partial charge in [-0.2, -0.15) is 0 Å². The molecule has 1 aliphatic heterocycles. The molecule has 1 amide bonds. The first-order valence-corrected chi connectivity index (χ1v) is 9.59. The van der Waals surface area contributed by atoms with Crippen molar-refractivity contribution in [3.63, 3.8) is 0 Å². The second-order valence-electron chi connectivity index (χ2n) is 7.46. The predicted molar refractivity (Wildman–Crippen MR) is 105 cm³/mol. The van der Waals surface area contributed by atoms with Gasteiger partial charge >= 0.3 is 0 Å². The highest BCUT2D eigenvalue weighted by atomic mass is 16.5. The summed E-state index contributed by atoms with van der Waals surface area (Å²) in [6.45, 7) is 8.52. The Morgan fingerprint density at radius 3 is 2.56 bits per heavy atom. The Labute approximate surface area is 160 Å². The molecule has 1 saturated heterocycles. The molecule has 146 valence electrons. The topological polar surface area (TPSA) is 67.6 Å². The summed E-state index contributed by atoms with van der Waals surface area (Å²) in [6, 6.07) is 7.91. The minimum atomic E-state index is 0.122. The number of amides is 1. The fourth-order valence-electron chi connectivity index (χ4n) is 3.40. The van der Waals surface area contributed by atoms with Crippen LogP contribution in [0, 0.1) is 12.8 Å². The van der Waals surface area contributed by atoms with E-state index in [1.165, 1.54) is 0 Å². The van der Waals surface area contributed by atoms with Gasteiger partial charge in [0.05, 0.1) is 12.8 Å². The van der Waals surface area contributed by atoms with E-state index in [1.807, 2.05) is 45.0 Å². The molecule has 0 atom stereocenters. The van der Waals surface area contributed by atoms with Gasteiger partial charge in [-0.05, 0) is 71.0 Å². The van der Waals surface area contributed by atoms with Crippen molar-refractivity contribution in [1.82, 2.24) is 15.2 Å². The number of hydrogen-bond acceptors (Lipinski definition) is 5. The Kier molecular flexibility index (Phi) is 6.16. The highest BCUT2D eigenvalue weighted by Crippen LogP contribution is 2.26. The number of aryl methyl sites for hydroxylation is 1. The summed E-state index contributed by atoms with van der Waals surface area (Å²) in [4.78, 5) is 19.2. The third-order valence-electron chi connectivity index (χ3n) is 4.99. The average molecular weight is 371 g/mol. The molecule has 0 spiro atoms. The molecule has 2 aromatic rings. The van der Waals surface area contributed by atoms with Crippen LogP contribution in [0.15, 0.2) is 28.7 Å². The molecule has 1 aliphatic rings. The molecule has 27 heavy (non-hydrogen) atoms. The highest BCUT2D eigenvalue weighted by molar-refractivity contribution is 5.79. The van der Waals surface area contributed by atoms with Gasteiger partial charge in [-0.3, -0.25) is 9.69 Å². The molecular weight excluding hydrogens is 342 g/mol. The monoisotopic (exact) mass is 371 g/mol. The number of likely N-dealkylation sites (tertiary alicyclic amines) is 1. The zero-order valence-electron chi connectivity index (χ0n) is 16.6. The molecule has 0 aliphatic carbocycles. The molecule has 6 heteroatoms. The molecule has 2 heterocycles. The van der Waals surface area contributed by atoms with Gasteiger partial charge in [0.15, 0.2) is 0 Å². The molecule has 1 N–H and O–H groups in total. The Balaban J connectivity index is 1.59. The zero-order valence-corrected chi connectivity index (χ0v) is 16.6. The number of nitrogens with zero attached hydrogens (tertiary/aromatic N) is 2. The van der Waals surface area contributed by atoms with Crippen LogP contribution in [-0.2, 0) is 11.3 Å². The number of benzene rings is 1. The van der Waals surface area contributed by atoms with Crippen LogP contribution in [0.25, 0.3) is 11.5 Å². The first-order chi connectivity index (χ1) is 13.0. The molecule has 1 aromatic carbocycles. The van der Waals surface area contributed by atoms with Crippen molar-refractivity contribution >= 4 is 5.91 Å². The SMILES string of the molecule is COc1ccc(-c2nc(CN3CCC(C(=O)NC(C)C)CC3)c(C)o2)cc1. The summed E-state index contributed by atoms with van der Waals surface area (Å²) in [5.41, 5.74) is 1.90. The van der Waals surface area contributed by atoms with Gasteiger partial charge in [0.1, 0.15) is 11.5 Å². The summed E-state index contributed by atoms with van der Waals surface area (Å²) < 4.78 is 11.1. The molecule has 0 unspecified atom stereocenters. The van der Waals surface area contributed by atoms with Gasteiger partial charge in [0, 0.05) is 24.1 Å². The van der Waals surface area contributed by atoms with Crippen LogP contribution in [0.2, 0.25) is 0 Å². The summed E-state index contributed by atoms with van der Waals surface area (Å²) in [6.07, 6.45) is 1.78. The summed E-state index contributed by atoms with van der Waals surface area (Å²) in [5.74, 6) is 2.60. The second-order valence-corrected chi connectivity index (χ2v) is 7.46. The molecule has 3 rings (SSSR count). The molecule has 0 radical (unpaired) electrons. The summed E-state index contributed by atoms with van der Waals surface area (Å²) >= 11 is 0. The number of methoxy groups -OCH3 is 1. The Bertz CT molecular complexity index is 759. The molecule has 1 fully saturated rings. The molecule has 0 saturated carbocycles. The molecule has 1 aromatic heterocycles. The predicted octanol–water partition coefficient (Wildman–Crippen LogP) is 3.40. The van der Waals surface area contributed by atoms with Gasteiger partial charge in [-0.25, -0.2) is 4.98 Å². The summed E-state index contributed by atoms with van der Waals surface area (Å²) in [5, 5.41) is 3.02. The minimum absolute atomic E-state index is 0.122. The molecule has 6 nitrogen and oxygen atoms in total. The van der Waals surface area contributed by atoms with Gasteiger partial charge in [0.25, 0.3) is 0 Å². The second kappa shape index (κ2) is 8.57. The molecular formula is C21H29N3O3. The normalized spacial score (nSPS) is 15.9. The third kappa shape index (κ3) is 4.89. The number of nitrogens with one attached hydrogen (secondary N) is 1. The number of rotatable bonds is 6. The zero-order chi connectivity index (χ0) is 19.4. The van der Waals surface area contributed by atoms with Crippen LogP contribution in [0.4, 0.5) is 0 Å². The lowest BCUT2D eigenvalue weighted by Crippen LogP contribution is -2.42. The largest absolute Gasteiger partial charge is 0.497 e. The van der Waals surface area contributed by atoms with Crippen molar-refractivity contribution in [1.29, 1.82) is 0 Å². The van der Waals surface area contributed by atoms with Crippen molar-refractivity contribution in [2.24, 2.45) is 5.92 Å². The minimum Gasteiger partial charge on any atom is -0.497 e. The number of carbonyl (C=O) groups excluding carboxylic acids is 1. The number of aromatic nitrogens is 1. The number of hydrogen-bond donors (Lipinski definition) is 1. The lowest BCUT2D eigenvalue weighted by Gasteiger charge is -2.31. The Hall–Kier alpha value is -2.34. The number of piperidine rings is 1. The maximum Gasteiger partial charge on any atom is 0.226 e. The van der Waals surface area contributed by atoms with Crippen LogP contribution >= 0.6 is 0 Å². The van der Waals surface area contributed by atoms with E-state index < -0.39 is 0 Å². The van der Waals surface area contributed by atoms with E-state index in [2.05, 4.69) is 10.2 Å². The lowest BCUT2D eigenvalue weighted by molar-refractivity contribution is -0.127.